The van der Waals surface area contributed by atoms with Crippen molar-refractivity contribution >= 4 is 5.71 Å². The Balaban J connectivity index is 4.53. The van der Waals surface area contributed by atoms with E-state index in [9.17, 15) is 0 Å². The molecule has 3 N–H and O–H groups in total. The third kappa shape index (κ3) is 3.92. The maximum absolute atomic E-state index is 8.30. The molecule has 5 heteroatoms. The van der Waals surface area contributed by atoms with E-state index in [0.717, 1.165) is 11.3 Å². The van der Waals surface area contributed by atoms with Gasteiger partial charge in [-0.2, -0.15) is 5.26 Å². The van der Waals surface area contributed by atoms with Crippen molar-refractivity contribution in [2.45, 2.75) is 6.92 Å². The number of rotatable bonds is 5. The first kappa shape index (κ1) is 12.5. The molecule has 0 heterocycles. The summed E-state index contributed by atoms with van der Waals surface area (Å²) in [6, 6.07) is 1.85. The van der Waals surface area contributed by atoms with Gasteiger partial charge in [0, 0.05) is 19.2 Å². The molecule has 0 rings (SSSR count). The van der Waals surface area contributed by atoms with Gasteiger partial charge in [-0.25, -0.2) is 0 Å². The van der Waals surface area contributed by atoms with Crippen LogP contribution >= 0.6 is 0 Å². The lowest BCUT2D eigenvalue weighted by Gasteiger charge is -2.09. The van der Waals surface area contributed by atoms with Gasteiger partial charge in [0.15, 0.2) is 12.5 Å². The minimum absolute atomic E-state index is 0.0419. The molecule has 78 valence electrons. The van der Waals surface area contributed by atoms with Crippen LogP contribution in [0, 0.1) is 11.3 Å². The average Bonchev–Trinajstić information content (AvgIpc) is 2.21. The Morgan fingerprint density at radius 2 is 2.29 bits per heavy atom. The van der Waals surface area contributed by atoms with E-state index in [0.29, 0.717) is 6.54 Å². The van der Waals surface area contributed by atoms with Gasteiger partial charge in [0.05, 0.1) is 5.71 Å². The zero-order chi connectivity index (χ0) is 11.0. The van der Waals surface area contributed by atoms with Gasteiger partial charge in [-0.1, -0.05) is 0 Å². The van der Waals surface area contributed by atoms with Gasteiger partial charge in [-0.15, -0.1) is 0 Å². The van der Waals surface area contributed by atoms with Crippen molar-refractivity contribution < 1.29 is 4.74 Å². The monoisotopic (exact) mass is 196 g/mol. The quantitative estimate of drug-likeness (QED) is 0.479. The minimum atomic E-state index is -0.0419. The summed E-state index contributed by atoms with van der Waals surface area (Å²) in [5, 5.41) is 11.3. The number of aliphatic imine (C=N–C) groups is 1. The molecule has 0 fully saturated rings. The number of hydrogen-bond donors (Lipinski definition) is 2. The zero-order valence-electron chi connectivity index (χ0n) is 8.79. The van der Waals surface area contributed by atoms with Gasteiger partial charge in [-0.3, -0.25) is 4.99 Å². The predicted molar refractivity (Wildman–Crippen MR) is 55.7 cm³/mol. The molecular formula is C9H16N4O. The van der Waals surface area contributed by atoms with Crippen LogP contribution in [-0.4, -0.2) is 33.0 Å². The smallest absolute Gasteiger partial charge is 0.190 e. The van der Waals surface area contributed by atoms with Gasteiger partial charge in [0.25, 0.3) is 0 Å². The van der Waals surface area contributed by atoms with Crippen LogP contribution < -0.4 is 11.1 Å². The lowest BCUT2D eigenvalue weighted by Crippen LogP contribution is -2.22. The lowest BCUT2D eigenvalue weighted by molar-refractivity contribution is 0.246. The third-order valence-electron chi connectivity index (χ3n) is 1.71. The largest absolute Gasteiger partial charge is 0.464 e. The van der Waals surface area contributed by atoms with E-state index in [1.165, 1.54) is 0 Å². The number of ether oxygens (including phenoxy) is 1. The van der Waals surface area contributed by atoms with Crippen LogP contribution in [0.3, 0.4) is 0 Å². The Hall–Kier alpha value is -1.54. The van der Waals surface area contributed by atoms with E-state index < -0.39 is 0 Å². The highest BCUT2D eigenvalue weighted by Crippen LogP contribution is 2.02. The first-order valence-corrected chi connectivity index (χ1v) is 4.24. The first-order chi connectivity index (χ1) is 6.67. The summed E-state index contributed by atoms with van der Waals surface area (Å²) < 4.78 is 4.97. The molecule has 14 heavy (non-hydrogen) atoms. The van der Waals surface area contributed by atoms with Gasteiger partial charge in [0.2, 0.25) is 0 Å². The molecule has 0 spiro atoms. The molecule has 0 aliphatic rings. The van der Waals surface area contributed by atoms with Gasteiger partial charge in [-0.05, 0) is 14.0 Å². The normalized spacial score (nSPS) is 13.1. The highest BCUT2D eigenvalue weighted by atomic mass is 16.5. The molecule has 0 aromatic rings. The van der Waals surface area contributed by atoms with Crippen LogP contribution in [0.2, 0.25) is 0 Å². The second-order valence-electron chi connectivity index (χ2n) is 2.64. The molecule has 0 aromatic heterocycles. The zero-order valence-corrected chi connectivity index (χ0v) is 8.79. The number of nitrogens with zero attached hydrogens (tertiary/aromatic N) is 2. The number of nitrogens with one attached hydrogen (secondary N) is 1. The molecule has 5 nitrogen and oxygen atoms in total. The molecule has 0 saturated carbocycles. The first-order valence-electron chi connectivity index (χ1n) is 4.24. The maximum atomic E-state index is 8.30. The Bertz CT molecular complexity index is 275. The molecule has 0 aliphatic carbocycles. The molecular weight excluding hydrogens is 180 g/mol. The van der Waals surface area contributed by atoms with Crippen LogP contribution in [0.1, 0.15) is 6.92 Å². The van der Waals surface area contributed by atoms with Crippen molar-refractivity contribution in [3.63, 3.8) is 0 Å². The van der Waals surface area contributed by atoms with Crippen LogP contribution in [0.15, 0.2) is 16.4 Å². The van der Waals surface area contributed by atoms with Gasteiger partial charge < -0.3 is 15.8 Å². The van der Waals surface area contributed by atoms with Crippen LogP contribution in [0.25, 0.3) is 0 Å². The van der Waals surface area contributed by atoms with E-state index >= 15 is 0 Å². The Kier molecular flexibility index (Phi) is 6.16. The van der Waals surface area contributed by atoms with Crippen molar-refractivity contribution in [1.82, 2.24) is 5.32 Å². The van der Waals surface area contributed by atoms with E-state index in [1.54, 1.807) is 7.05 Å². The number of nitriles is 1. The summed E-state index contributed by atoms with van der Waals surface area (Å²) in [7, 11) is 3.51. The number of nitrogens with two attached hydrogens (primary N) is 1. The average molecular weight is 196 g/mol. The lowest BCUT2D eigenvalue weighted by atomic mass is 10.2. The van der Waals surface area contributed by atoms with Crippen molar-refractivity contribution in [3.05, 3.63) is 11.5 Å². The Morgan fingerprint density at radius 1 is 1.64 bits per heavy atom. The molecule has 0 saturated heterocycles. The fourth-order valence-corrected chi connectivity index (χ4v) is 0.907. The summed E-state index contributed by atoms with van der Waals surface area (Å²) >= 11 is 0. The highest BCUT2D eigenvalue weighted by molar-refractivity contribution is 6.01. The Labute approximate surface area is 84.3 Å². The van der Waals surface area contributed by atoms with E-state index in [2.05, 4.69) is 10.3 Å². The fraction of sp³-hybridized carbons (Fsp3) is 0.556. The van der Waals surface area contributed by atoms with Gasteiger partial charge >= 0.3 is 0 Å². The minimum Gasteiger partial charge on any atom is -0.464 e. The molecule has 0 aromatic carbocycles. The van der Waals surface area contributed by atoms with Crippen molar-refractivity contribution in [3.8, 4) is 6.07 Å². The molecule has 0 aliphatic heterocycles. The van der Waals surface area contributed by atoms with Gasteiger partial charge in [0.1, 0.15) is 6.07 Å². The standard InChI is InChI=1S/C9H16N4O/c1-7(8(13-3)6-12-2)9(11)14-5-4-10/h12H,5-6,11H2,1-3H3/b9-7+,13-8?. The molecule has 0 amide bonds. The van der Waals surface area contributed by atoms with Crippen molar-refractivity contribution in [1.29, 1.82) is 5.26 Å². The van der Waals surface area contributed by atoms with Crippen molar-refractivity contribution in [2.75, 3.05) is 27.2 Å². The van der Waals surface area contributed by atoms with E-state index in [1.807, 2.05) is 20.0 Å². The van der Waals surface area contributed by atoms with Crippen LogP contribution in [0.5, 0.6) is 0 Å². The van der Waals surface area contributed by atoms with Crippen LogP contribution in [0.4, 0.5) is 0 Å². The Morgan fingerprint density at radius 3 is 2.71 bits per heavy atom. The van der Waals surface area contributed by atoms with Crippen molar-refractivity contribution in [2.24, 2.45) is 10.7 Å². The van der Waals surface area contributed by atoms with E-state index in [4.69, 9.17) is 15.7 Å². The number of hydrogen-bond acceptors (Lipinski definition) is 5. The maximum Gasteiger partial charge on any atom is 0.190 e. The SMILES string of the molecule is CN=C(CNC)/C(C)=C(\N)OCC#N. The highest BCUT2D eigenvalue weighted by Gasteiger charge is 2.05. The molecule has 0 atom stereocenters. The summed E-state index contributed by atoms with van der Waals surface area (Å²) in [5.74, 6) is 0.252. The van der Waals surface area contributed by atoms with Crippen LogP contribution in [-0.2, 0) is 4.74 Å². The second-order valence-corrected chi connectivity index (χ2v) is 2.64. The molecule has 0 bridgehead atoms. The fourth-order valence-electron chi connectivity index (χ4n) is 0.907. The van der Waals surface area contributed by atoms with E-state index in [-0.39, 0.29) is 12.5 Å². The summed E-state index contributed by atoms with van der Waals surface area (Å²) in [6.45, 7) is 2.39. The summed E-state index contributed by atoms with van der Waals surface area (Å²) in [6.07, 6.45) is 0. The predicted octanol–water partition coefficient (Wildman–Crippen LogP) is 0.00698. The molecule has 0 unspecified atom stereocenters. The topological polar surface area (TPSA) is 83.4 Å². The third-order valence-corrected chi connectivity index (χ3v) is 1.71. The summed E-state index contributed by atoms with van der Waals surface area (Å²) in [4.78, 5) is 4.06. The molecule has 0 radical (unpaired) electrons. The second kappa shape index (κ2) is 6.92. The summed E-state index contributed by atoms with van der Waals surface area (Å²) in [5.41, 5.74) is 7.19.